The molecule has 1 fully saturated rings. The molecule has 0 saturated heterocycles. The van der Waals surface area contributed by atoms with Gasteiger partial charge in [-0.15, -0.1) is 0 Å². The van der Waals surface area contributed by atoms with Gasteiger partial charge < -0.3 is 9.88 Å². The van der Waals surface area contributed by atoms with Crippen molar-refractivity contribution < 1.29 is 4.79 Å². The molecular weight excluding hydrogens is 274 g/mol. The summed E-state index contributed by atoms with van der Waals surface area (Å²) in [6, 6.07) is 7.69. The van der Waals surface area contributed by atoms with E-state index < -0.39 is 0 Å². The number of carbonyl (C=O) groups is 1. The lowest BCUT2D eigenvalue weighted by Gasteiger charge is -2.28. The lowest BCUT2D eigenvalue weighted by molar-refractivity contribution is 0.101. The summed E-state index contributed by atoms with van der Waals surface area (Å²) in [5.41, 5.74) is 2.11. The number of aryl methyl sites for hydroxylation is 1. The molecule has 104 valence electrons. The van der Waals surface area contributed by atoms with Crippen LogP contribution in [0.15, 0.2) is 30.5 Å². The third-order valence-corrected chi connectivity index (χ3v) is 3.99. The molecule has 5 heteroatoms. The molecule has 2 aromatic rings. The molecular formula is C15H16ClN3O. The smallest absolute Gasteiger partial charge is 0.272 e. The maximum atomic E-state index is 12.4. The maximum absolute atomic E-state index is 12.4. The van der Waals surface area contributed by atoms with E-state index in [-0.39, 0.29) is 5.91 Å². The Bertz CT molecular complexity index is 646. The van der Waals surface area contributed by atoms with Gasteiger partial charge in [0.15, 0.2) is 0 Å². The minimum absolute atomic E-state index is 0.103. The van der Waals surface area contributed by atoms with Gasteiger partial charge in [-0.2, -0.15) is 0 Å². The molecule has 1 amide bonds. The number of amides is 1. The Hall–Kier alpha value is -1.81. The summed E-state index contributed by atoms with van der Waals surface area (Å²) in [5, 5.41) is 3.33. The first kappa shape index (κ1) is 13.2. The Morgan fingerprint density at radius 2 is 2.20 bits per heavy atom. The number of nitrogens with zero attached hydrogens (tertiary/aromatic N) is 2. The van der Waals surface area contributed by atoms with Crippen LogP contribution in [0, 0.1) is 6.92 Å². The van der Waals surface area contributed by atoms with Gasteiger partial charge in [0, 0.05) is 12.2 Å². The third kappa shape index (κ3) is 2.43. The Labute approximate surface area is 122 Å². The minimum atomic E-state index is -0.103. The number of pyridine rings is 1. The fraction of sp³-hybridized carbons (Fsp3) is 0.333. The second kappa shape index (κ2) is 5.29. The Balaban J connectivity index is 1.81. The molecule has 0 spiro atoms. The van der Waals surface area contributed by atoms with Gasteiger partial charge in [0.25, 0.3) is 5.91 Å². The number of halogens is 1. The van der Waals surface area contributed by atoms with Crippen LogP contribution in [-0.4, -0.2) is 15.5 Å². The van der Waals surface area contributed by atoms with E-state index in [4.69, 9.17) is 11.6 Å². The van der Waals surface area contributed by atoms with Gasteiger partial charge in [0.2, 0.25) is 0 Å². The standard InChI is InChI=1S/C15H16ClN3O/c1-10-12(7-8-14(16)17-10)18-15(20)13-6-3-9-19(13)11-4-2-5-11/h3,6-9,11H,2,4-5H2,1H3,(H,18,20). The quantitative estimate of drug-likeness (QED) is 0.873. The van der Waals surface area contributed by atoms with Crippen LogP contribution in [0.1, 0.15) is 41.5 Å². The van der Waals surface area contributed by atoms with E-state index in [1.807, 2.05) is 25.3 Å². The molecule has 20 heavy (non-hydrogen) atoms. The van der Waals surface area contributed by atoms with Crippen LogP contribution in [-0.2, 0) is 0 Å². The monoisotopic (exact) mass is 289 g/mol. The molecule has 2 heterocycles. The first-order valence-corrected chi connectivity index (χ1v) is 7.14. The Morgan fingerprint density at radius 1 is 1.40 bits per heavy atom. The van der Waals surface area contributed by atoms with Crippen LogP contribution in [0.5, 0.6) is 0 Å². The van der Waals surface area contributed by atoms with E-state index in [1.165, 1.54) is 6.42 Å². The van der Waals surface area contributed by atoms with Crippen molar-refractivity contribution in [3.63, 3.8) is 0 Å². The van der Waals surface area contributed by atoms with Crippen molar-refractivity contribution in [2.75, 3.05) is 5.32 Å². The number of carbonyl (C=O) groups excluding carboxylic acids is 1. The number of nitrogens with one attached hydrogen (secondary N) is 1. The van der Waals surface area contributed by atoms with Crippen molar-refractivity contribution in [3.8, 4) is 0 Å². The molecule has 0 atom stereocenters. The van der Waals surface area contributed by atoms with Gasteiger partial charge in [0.1, 0.15) is 10.8 Å². The Kier molecular flexibility index (Phi) is 3.49. The number of hydrogen-bond acceptors (Lipinski definition) is 2. The number of rotatable bonds is 3. The second-order valence-electron chi connectivity index (χ2n) is 5.11. The van der Waals surface area contributed by atoms with Crippen LogP contribution in [0.2, 0.25) is 5.15 Å². The highest BCUT2D eigenvalue weighted by Crippen LogP contribution is 2.32. The molecule has 3 rings (SSSR count). The van der Waals surface area contributed by atoms with Gasteiger partial charge in [-0.3, -0.25) is 4.79 Å². The van der Waals surface area contributed by atoms with Crippen LogP contribution in [0.3, 0.4) is 0 Å². The second-order valence-corrected chi connectivity index (χ2v) is 5.49. The number of aromatic nitrogens is 2. The first-order chi connectivity index (χ1) is 9.65. The molecule has 4 nitrogen and oxygen atoms in total. The van der Waals surface area contributed by atoms with E-state index >= 15 is 0 Å². The summed E-state index contributed by atoms with van der Waals surface area (Å²) in [6.45, 7) is 1.83. The molecule has 0 aromatic carbocycles. The summed E-state index contributed by atoms with van der Waals surface area (Å²) < 4.78 is 2.07. The normalized spacial score (nSPS) is 14.9. The average Bonchev–Trinajstić information content (AvgIpc) is 2.79. The van der Waals surface area contributed by atoms with Crippen molar-refractivity contribution in [3.05, 3.63) is 47.0 Å². The summed E-state index contributed by atoms with van der Waals surface area (Å²) in [5.74, 6) is -0.103. The van der Waals surface area contributed by atoms with Gasteiger partial charge in [-0.1, -0.05) is 11.6 Å². The van der Waals surface area contributed by atoms with Crippen molar-refractivity contribution in [2.45, 2.75) is 32.2 Å². The summed E-state index contributed by atoms with van der Waals surface area (Å²) in [4.78, 5) is 16.5. The van der Waals surface area contributed by atoms with Crippen LogP contribution >= 0.6 is 11.6 Å². The van der Waals surface area contributed by atoms with Crippen molar-refractivity contribution in [2.24, 2.45) is 0 Å². The van der Waals surface area contributed by atoms with Crippen LogP contribution < -0.4 is 5.32 Å². The third-order valence-electron chi connectivity index (χ3n) is 3.78. The lowest BCUT2D eigenvalue weighted by Crippen LogP contribution is -2.23. The Morgan fingerprint density at radius 3 is 2.85 bits per heavy atom. The van der Waals surface area contributed by atoms with E-state index in [2.05, 4.69) is 14.9 Å². The predicted octanol–water partition coefficient (Wildman–Crippen LogP) is 3.82. The highest BCUT2D eigenvalue weighted by atomic mass is 35.5. The average molecular weight is 290 g/mol. The van der Waals surface area contributed by atoms with Gasteiger partial charge in [-0.05, 0) is 50.5 Å². The SMILES string of the molecule is Cc1nc(Cl)ccc1NC(=O)c1cccn1C1CCC1. The molecule has 2 aromatic heterocycles. The number of anilines is 1. The van der Waals surface area contributed by atoms with E-state index in [0.717, 1.165) is 12.8 Å². The summed E-state index contributed by atoms with van der Waals surface area (Å²) in [7, 11) is 0. The molecule has 0 unspecified atom stereocenters. The zero-order valence-corrected chi connectivity index (χ0v) is 12.0. The fourth-order valence-corrected chi connectivity index (χ4v) is 2.61. The fourth-order valence-electron chi connectivity index (χ4n) is 2.42. The first-order valence-electron chi connectivity index (χ1n) is 6.76. The van der Waals surface area contributed by atoms with E-state index in [0.29, 0.717) is 28.3 Å². The van der Waals surface area contributed by atoms with Crippen LogP contribution in [0.4, 0.5) is 5.69 Å². The predicted molar refractivity (Wildman–Crippen MR) is 79.3 cm³/mol. The van der Waals surface area contributed by atoms with Crippen molar-refractivity contribution >= 4 is 23.2 Å². The molecule has 0 radical (unpaired) electrons. The van der Waals surface area contributed by atoms with Crippen molar-refractivity contribution in [1.82, 2.24) is 9.55 Å². The molecule has 1 aliphatic rings. The molecule has 0 aliphatic heterocycles. The molecule has 1 N–H and O–H groups in total. The molecule has 1 aliphatic carbocycles. The maximum Gasteiger partial charge on any atom is 0.272 e. The molecule has 1 saturated carbocycles. The number of hydrogen-bond donors (Lipinski definition) is 1. The zero-order chi connectivity index (χ0) is 14.1. The van der Waals surface area contributed by atoms with Crippen LogP contribution in [0.25, 0.3) is 0 Å². The minimum Gasteiger partial charge on any atom is -0.340 e. The van der Waals surface area contributed by atoms with Crippen molar-refractivity contribution in [1.29, 1.82) is 0 Å². The highest BCUT2D eigenvalue weighted by Gasteiger charge is 2.23. The summed E-state index contributed by atoms with van der Waals surface area (Å²) >= 11 is 5.82. The lowest BCUT2D eigenvalue weighted by atomic mass is 9.93. The van der Waals surface area contributed by atoms with E-state index in [9.17, 15) is 4.79 Å². The topological polar surface area (TPSA) is 46.9 Å². The van der Waals surface area contributed by atoms with Gasteiger partial charge in [-0.25, -0.2) is 4.98 Å². The molecule has 0 bridgehead atoms. The largest absolute Gasteiger partial charge is 0.340 e. The summed E-state index contributed by atoms with van der Waals surface area (Å²) in [6.07, 6.45) is 5.52. The zero-order valence-electron chi connectivity index (χ0n) is 11.3. The highest BCUT2D eigenvalue weighted by molar-refractivity contribution is 6.29. The van der Waals surface area contributed by atoms with Gasteiger partial charge >= 0.3 is 0 Å². The van der Waals surface area contributed by atoms with Gasteiger partial charge in [0.05, 0.1) is 11.4 Å². The van der Waals surface area contributed by atoms with E-state index in [1.54, 1.807) is 12.1 Å².